The molecule has 0 aliphatic rings. The van der Waals surface area contributed by atoms with Gasteiger partial charge in [-0.15, -0.1) is 0 Å². The highest BCUT2D eigenvalue weighted by Crippen LogP contribution is 2.31. The van der Waals surface area contributed by atoms with Crippen LogP contribution >= 0.6 is 23.2 Å². The van der Waals surface area contributed by atoms with Crippen molar-refractivity contribution in [1.29, 1.82) is 0 Å². The van der Waals surface area contributed by atoms with Crippen molar-refractivity contribution in [2.75, 3.05) is 7.11 Å². The van der Waals surface area contributed by atoms with E-state index < -0.39 is 17.1 Å². The minimum atomic E-state index is -3.85. The molecule has 0 aromatic rings. The first-order valence-corrected chi connectivity index (χ1v) is 3.13. The maximum Gasteiger partial charge on any atom is 0.332 e. The third-order valence-electron chi connectivity index (χ3n) is 0.800. The molecule has 62 valence electrons. The summed E-state index contributed by atoms with van der Waals surface area (Å²) in [5.74, 6) is -3.85. The molecule has 0 amide bonds. The molecule has 1 atom stereocenters. The third kappa shape index (κ3) is 2.18. The second-order valence-corrected chi connectivity index (χ2v) is 2.62. The number of ether oxygens (including phenoxy) is 1. The SMILES string of the molecule is COC(F)C(F)(F)C(Cl)Cl. The van der Waals surface area contributed by atoms with Gasteiger partial charge in [0, 0.05) is 7.11 Å². The topological polar surface area (TPSA) is 9.23 Å². The van der Waals surface area contributed by atoms with Gasteiger partial charge in [-0.3, -0.25) is 0 Å². The summed E-state index contributed by atoms with van der Waals surface area (Å²) in [7, 11) is 0.800. The number of halogens is 5. The fourth-order valence-corrected chi connectivity index (χ4v) is 0.454. The van der Waals surface area contributed by atoms with Crippen molar-refractivity contribution in [3.63, 3.8) is 0 Å². The molecule has 0 bridgehead atoms. The van der Waals surface area contributed by atoms with E-state index in [1.165, 1.54) is 0 Å². The van der Waals surface area contributed by atoms with Crippen molar-refractivity contribution in [2.24, 2.45) is 0 Å². The molecule has 0 rings (SSSR count). The average molecular weight is 197 g/mol. The lowest BCUT2D eigenvalue weighted by Gasteiger charge is -2.19. The molecule has 1 unspecified atom stereocenters. The number of methoxy groups -OCH3 is 1. The van der Waals surface area contributed by atoms with E-state index >= 15 is 0 Å². The second-order valence-electron chi connectivity index (χ2n) is 1.53. The molecule has 0 saturated carbocycles. The minimum Gasteiger partial charge on any atom is -0.347 e. The molecule has 0 radical (unpaired) electrons. The quantitative estimate of drug-likeness (QED) is 0.631. The summed E-state index contributed by atoms with van der Waals surface area (Å²) in [6, 6.07) is 0. The first-order valence-electron chi connectivity index (χ1n) is 2.25. The van der Waals surface area contributed by atoms with Gasteiger partial charge in [0.15, 0.2) is 4.84 Å². The molecule has 1 nitrogen and oxygen atoms in total. The zero-order chi connectivity index (χ0) is 8.36. The van der Waals surface area contributed by atoms with Crippen LogP contribution in [-0.4, -0.2) is 24.2 Å². The van der Waals surface area contributed by atoms with Crippen molar-refractivity contribution in [3.8, 4) is 0 Å². The fourth-order valence-electron chi connectivity index (χ4n) is 0.256. The Kier molecular flexibility index (Phi) is 3.76. The summed E-state index contributed by atoms with van der Waals surface area (Å²) < 4.78 is 40.1. The van der Waals surface area contributed by atoms with E-state index in [1.54, 1.807) is 0 Å². The molecule has 0 aliphatic carbocycles. The van der Waals surface area contributed by atoms with Crippen LogP contribution in [-0.2, 0) is 4.74 Å². The summed E-state index contributed by atoms with van der Waals surface area (Å²) in [5.41, 5.74) is 0. The first kappa shape index (κ1) is 10.3. The van der Waals surface area contributed by atoms with Gasteiger partial charge in [0.05, 0.1) is 0 Å². The van der Waals surface area contributed by atoms with Gasteiger partial charge in [0.2, 0.25) is 0 Å². The molecular formula is C4H5Cl2F3O. The summed E-state index contributed by atoms with van der Waals surface area (Å²) in [6.45, 7) is 0. The molecule has 0 aromatic heterocycles. The van der Waals surface area contributed by atoms with Crippen LogP contribution in [0.3, 0.4) is 0 Å². The number of hydrogen-bond acceptors (Lipinski definition) is 1. The van der Waals surface area contributed by atoms with E-state index in [9.17, 15) is 13.2 Å². The molecule has 0 saturated heterocycles. The second kappa shape index (κ2) is 3.64. The van der Waals surface area contributed by atoms with Crippen LogP contribution in [0.4, 0.5) is 13.2 Å². The zero-order valence-electron chi connectivity index (χ0n) is 4.95. The van der Waals surface area contributed by atoms with Crippen LogP contribution in [0.1, 0.15) is 0 Å². The van der Waals surface area contributed by atoms with Gasteiger partial charge in [0.1, 0.15) is 0 Å². The highest BCUT2D eigenvalue weighted by Gasteiger charge is 2.47. The van der Waals surface area contributed by atoms with Gasteiger partial charge >= 0.3 is 5.92 Å². The molecule has 0 aromatic carbocycles. The highest BCUT2D eigenvalue weighted by molar-refractivity contribution is 6.45. The van der Waals surface area contributed by atoms with Crippen molar-refractivity contribution >= 4 is 23.2 Å². The Labute approximate surface area is 66.1 Å². The van der Waals surface area contributed by atoms with E-state index in [0.29, 0.717) is 0 Å². The lowest BCUT2D eigenvalue weighted by Crippen LogP contribution is -2.37. The van der Waals surface area contributed by atoms with Gasteiger partial charge in [0.25, 0.3) is 6.36 Å². The third-order valence-corrected chi connectivity index (χ3v) is 1.38. The lowest BCUT2D eigenvalue weighted by atomic mass is 10.4. The Bertz CT molecular complexity index is 109. The average Bonchev–Trinajstić information content (AvgIpc) is 1.86. The predicted molar refractivity (Wildman–Crippen MR) is 32.3 cm³/mol. The molecule has 0 fully saturated rings. The van der Waals surface area contributed by atoms with Crippen molar-refractivity contribution in [1.82, 2.24) is 0 Å². The van der Waals surface area contributed by atoms with Gasteiger partial charge in [-0.1, -0.05) is 23.2 Å². The smallest absolute Gasteiger partial charge is 0.332 e. The van der Waals surface area contributed by atoms with Crippen LogP contribution in [0.5, 0.6) is 0 Å². The van der Waals surface area contributed by atoms with Crippen LogP contribution in [0.15, 0.2) is 0 Å². The molecular weight excluding hydrogens is 192 g/mol. The van der Waals surface area contributed by atoms with Crippen LogP contribution < -0.4 is 0 Å². The van der Waals surface area contributed by atoms with E-state index in [1.807, 2.05) is 0 Å². The van der Waals surface area contributed by atoms with Gasteiger partial charge < -0.3 is 4.74 Å². The largest absolute Gasteiger partial charge is 0.347 e. The van der Waals surface area contributed by atoms with E-state index in [2.05, 4.69) is 4.74 Å². The Balaban J connectivity index is 4.09. The first-order chi connectivity index (χ1) is 4.42. The summed E-state index contributed by atoms with van der Waals surface area (Å²) >= 11 is 9.48. The molecule has 0 N–H and O–H groups in total. The summed E-state index contributed by atoms with van der Waals surface area (Å²) in [4.78, 5) is -2.09. The lowest BCUT2D eigenvalue weighted by molar-refractivity contribution is -0.175. The van der Waals surface area contributed by atoms with Crippen molar-refractivity contribution < 1.29 is 17.9 Å². The highest BCUT2D eigenvalue weighted by atomic mass is 35.5. The van der Waals surface area contributed by atoms with E-state index in [0.717, 1.165) is 7.11 Å². The predicted octanol–water partition coefficient (Wildman–Crippen LogP) is 2.37. The van der Waals surface area contributed by atoms with Gasteiger partial charge in [-0.25, -0.2) is 4.39 Å². The molecule has 0 heterocycles. The van der Waals surface area contributed by atoms with Crippen LogP contribution in [0.2, 0.25) is 0 Å². The Morgan fingerprint density at radius 1 is 1.40 bits per heavy atom. The Morgan fingerprint density at radius 3 is 1.90 bits per heavy atom. The van der Waals surface area contributed by atoms with E-state index in [4.69, 9.17) is 23.2 Å². The minimum absolute atomic E-state index is 0.800. The normalized spacial score (nSPS) is 15.9. The van der Waals surface area contributed by atoms with Gasteiger partial charge in [-0.2, -0.15) is 8.78 Å². The van der Waals surface area contributed by atoms with E-state index in [-0.39, 0.29) is 0 Å². The Hall–Kier alpha value is 0.330. The maximum atomic E-state index is 12.2. The summed E-state index contributed by atoms with van der Waals surface area (Å²) in [6.07, 6.45) is -2.76. The van der Waals surface area contributed by atoms with Crippen molar-refractivity contribution in [3.05, 3.63) is 0 Å². The zero-order valence-corrected chi connectivity index (χ0v) is 6.46. The van der Waals surface area contributed by atoms with Crippen molar-refractivity contribution in [2.45, 2.75) is 17.1 Å². The number of alkyl halides is 5. The molecule has 0 aliphatic heterocycles. The van der Waals surface area contributed by atoms with Gasteiger partial charge in [-0.05, 0) is 0 Å². The molecule has 0 spiro atoms. The maximum absolute atomic E-state index is 12.2. The van der Waals surface area contributed by atoms with Crippen LogP contribution in [0.25, 0.3) is 0 Å². The number of rotatable bonds is 3. The summed E-state index contributed by atoms with van der Waals surface area (Å²) in [5, 5.41) is 0. The molecule has 10 heavy (non-hydrogen) atoms. The Morgan fingerprint density at radius 2 is 1.80 bits per heavy atom. The standard InChI is InChI=1S/C4H5Cl2F3O/c1-10-3(7)4(8,9)2(5)6/h2-3H,1H3. The van der Waals surface area contributed by atoms with Crippen LogP contribution in [0, 0.1) is 0 Å². The monoisotopic (exact) mass is 196 g/mol. The number of hydrogen-bond donors (Lipinski definition) is 0. The fraction of sp³-hybridized carbons (Fsp3) is 1.00. The molecule has 6 heteroatoms.